The Morgan fingerprint density at radius 2 is 1.83 bits per heavy atom. The SMILES string of the molecule is CCC1COCc2nnc(-c3cc(OC)c(OC)c(OC)c3)n21. The number of fused-ring (bicyclic) bond motifs is 1. The van der Waals surface area contributed by atoms with Gasteiger partial charge in [-0.15, -0.1) is 10.2 Å². The van der Waals surface area contributed by atoms with Gasteiger partial charge in [0.25, 0.3) is 0 Å². The van der Waals surface area contributed by atoms with Gasteiger partial charge < -0.3 is 23.5 Å². The van der Waals surface area contributed by atoms with Crippen LogP contribution in [-0.2, 0) is 11.3 Å². The van der Waals surface area contributed by atoms with Crippen molar-refractivity contribution >= 4 is 0 Å². The van der Waals surface area contributed by atoms with Crippen molar-refractivity contribution in [2.45, 2.75) is 26.0 Å². The molecule has 0 fully saturated rings. The molecule has 1 aliphatic heterocycles. The molecule has 2 heterocycles. The minimum Gasteiger partial charge on any atom is -0.493 e. The van der Waals surface area contributed by atoms with Gasteiger partial charge >= 0.3 is 0 Å². The molecular weight excluding hydrogens is 298 g/mol. The Morgan fingerprint density at radius 1 is 1.13 bits per heavy atom. The number of aromatic nitrogens is 3. The molecule has 23 heavy (non-hydrogen) atoms. The molecule has 0 bridgehead atoms. The van der Waals surface area contributed by atoms with E-state index in [-0.39, 0.29) is 6.04 Å². The molecule has 0 amide bonds. The third kappa shape index (κ3) is 2.61. The van der Waals surface area contributed by atoms with E-state index in [1.807, 2.05) is 12.1 Å². The highest BCUT2D eigenvalue weighted by Gasteiger charge is 2.26. The van der Waals surface area contributed by atoms with Crippen molar-refractivity contribution in [3.63, 3.8) is 0 Å². The predicted octanol–water partition coefficient (Wildman–Crippen LogP) is 2.45. The zero-order valence-corrected chi connectivity index (χ0v) is 13.8. The number of benzene rings is 1. The number of nitrogens with zero attached hydrogens (tertiary/aromatic N) is 3. The van der Waals surface area contributed by atoms with Crippen LogP contribution in [0.5, 0.6) is 17.2 Å². The van der Waals surface area contributed by atoms with Gasteiger partial charge in [0.2, 0.25) is 5.75 Å². The molecule has 7 nitrogen and oxygen atoms in total. The van der Waals surface area contributed by atoms with Gasteiger partial charge in [0, 0.05) is 5.56 Å². The fraction of sp³-hybridized carbons (Fsp3) is 0.500. The highest BCUT2D eigenvalue weighted by atomic mass is 16.5. The first-order chi connectivity index (χ1) is 11.2. The Labute approximate surface area is 135 Å². The van der Waals surface area contributed by atoms with Crippen LogP contribution in [0.4, 0.5) is 0 Å². The fourth-order valence-electron chi connectivity index (χ4n) is 2.87. The Kier molecular flexibility index (Phi) is 4.38. The van der Waals surface area contributed by atoms with Crippen molar-refractivity contribution in [3.05, 3.63) is 18.0 Å². The highest BCUT2D eigenvalue weighted by molar-refractivity contribution is 5.67. The van der Waals surface area contributed by atoms with Gasteiger partial charge in [0.05, 0.1) is 34.0 Å². The van der Waals surface area contributed by atoms with Gasteiger partial charge in [-0.05, 0) is 18.6 Å². The minimum atomic E-state index is 0.225. The molecule has 1 aliphatic rings. The molecule has 0 N–H and O–H groups in total. The number of rotatable bonds is 5. The van der Waals surface area contributed by atoms with E-state index in [0.717, 1.165) is 23.6 Å². The normalized spacial score (nSPS) is 16.8. The molecule has 0 saturated heterocycles. The van der Waals surface area contributed by atoms with E-state index < -0.39 is 0 Å². The molecular formula is C16H21N3O4. The number of hydrogen-bond acceptors (Lipinski definition) is 6. The van der Waals surface area contributed by atoms with Crippen LogP contribution in [0, 0.1) is 0 Å². The summed E-state index contributed by atoms with van der Waals surface area (Å²) in [5.41, 5.74) is 0.874. The second-order valence-electron chi connectivity index (χ2n) is 5.30. The topological polar surface area (TPSA) is 67.6 Å². The molecule has 124 valence electrons. The lowest BCUT2D eigenvalue weighted by molar-refractivity contribution is 0.0542. The van der Waals surface area contributed by atoms with E-state index in [1.165, 1.54) is 0 Å². The first-order valence-corrected chi connectivity index (χ1v) is 7.55. The maximum Gasteiger partial charge on any atom is 0.203 e. The van der Waals surface area contributed by atoms with Crippen molar-refractivity contribution in [2.24, 2.45) is 0 Å². The van der Waals surface area contributed by atoms with E-state index in [4.69, 9.17) is 18.9 Å². The van der Waals surface area contributed by atoms with Crippen LogP contribution in [0.25, 0.3) is 11.4 Å². The third-order valence-electron chi connectivity index (χ3n) is 4.07. The monoisotopic (exact) mass is 319 g/mol. The Bertz CT molecular complexity index is 674. The largest absolute Gasteiger partial charge is 0.493 e. The zero-order valence-electron chi connectivity index (χ0n) is 13.8. The number of methoxy groups -OCH3 is 3. The van der Waals surface area contributed by atoms with Crippen molar-refractivity contribution in [1.29, 1.82) is 0 Å². The van der Waals surface area contributed by atoms with Crippen LogP contribution >= 0.6 is 0 Å². The molecule has 1 aromatic carbocycles. The van der Waals surface area contributed by atoms with Crippen molar-refractivity contribution in [2.75, 3.05) is 27.9 Å². The van der Waals surface area contributed by atoms with Gasteiger partial charge in [0.1, 0.15) is 6.61 Å². The van der Waals surface area contributed by atoms with Gasteiger partial charge in [-0.1, -0.05) is 6.92 Å². The molecule has 1 unspecified atom stereocenters. The second kappa shape index (κ2) is 6.45. The smallest absolute Gasteiger partial charge is 0.203 e. The standard InChI is InChI=1S/C16H21N3O4/c1-5-11-8-23-9-14-17-18-16(19(11)14)10-6-12(20-2)15(22-4)13(7-10)21-3/h6-7,11H,5,8-9H2,1-4H3. The zero-order chi connectivity index (χ0) is 16.4. The molecule has 1 atom stereocenters. The second-order valence-corrected chi connectivity index (χ2v) is 5.30. The summed E-state index contributed by atoms with van der Waals surface area (Å²) in [6.07, 6.45) is 0.947. The maximum atomic E-state index is 5.58. The van der Waals surface area contributed by atoms with Crippen LogP contribution in [0.15, 0.2) is 12.1 Å². The molecule has 0 radical (unpaired) electrons. The lowest BCUT2D eigenvalue weighted by atomic mass is 10.1. The quantitative estimate of drug-likeness (QED) is 0.843. The molecule has 7 heteroatoms. The Hall–Kier alpha value is -2.28. The average Bonchev–Trinajstić information content (AvgIpc) is 3.04. The molecule has 1 aromatic heterocycles. The summed E-state index contributed by atoms with van der Waals surface area (Å²) in [5, 5.41) is 8.61. The fourth-order valence-corrected chi connectivity index (χ4v) is 2.87. The average molecular weight is 319 g/mol. The summed E-state index contributed by atoms with van der Waals surface area (Å²) in [6, 6.07) is 4.00. The van der Waals surface area contributed by atoms with Crippen molar-refractivity contribution < 1.29 is 18.9 Å². The van der Waals surface area contributed by atoms with Crippen molar-refractivity contribution in [3.8, 4) is 28.6 Å². The van der Waals surface area contributed by atoms with E-state index in [9.17, 15) is 0 Å². The lowest BCUT2D eigenvalue weighted by Gasteiger charge is -2.25. The number of ether oxygens (including phenoxy) is 4. The minimum absolute atomic E-state index is 0.225. The Morgan fingerprint density at radius 3 is 2.39 bits per heavy atom. The lowest BCUT2D eigenvalue weighted by Crippen LogP contribution is -2.24. The van der Waals surface area contributed by atoms with Crippen molar-refractivity contribution in [1.82, 2.24) is 14.8 Å². The van der Waals surface area contributed by atoms with Crippen LogP contribution < -0.4 is 14.2 Å². The maximum absolute atomic E-state index is 5.58. The van der Waals surface area contributed by atoms with Crippen LogP contribution in [0.3, 0.4) is 0 Å². The van der Waals surface area contributed by atoms with E-state index in [1.54, 1.807) is 21.3 Å². The first-order valence-electron chi connectivity index (χ1n) is 7.55. The van der Waals surface area contributed by atoms with E-state index in [0.29, 0.717) is 30.5 Å². The third-order valence-corrected chi connectivity index (χ3v) is 4.07. The van der Waals surface area contributed by atoms with Crippen LogP contribution in [0.1, 0.15) is 25.2 Å². The van der Waals surface area contributed by atoms with Gasteiger partial charge in [0.15, 0.2) is 23.1 Å². The molecule has 3 rings (SSSR count). The molecule has 2 aromatic rings. The van der Waals surface area contributed by atoms with Gasteiger partial charge in [-0.2, -0.15) is 0 Å². The predicted molar refractivity (Wildman–Crippen MR) is 84.1 cm³/mol. The van der Waals surface area contributed by atoms with E-state index in [2.05, 4.69) is 21.7 Å². The summed E-state index contributed by atoms with van der Waals surface area (Å²) < 4.78 is 24.0. The number of hydrogen-bond donors (Lipinski definition) is 0. The van der Waals surface area contributed by atoms with Gasteiger partial charge in [-0.25, -0.2) is 0 Å². The summed E-state index contributed by atoms with van der Waals surface area (Å²) in [5.74, 6) is 3.38. The summed E-state index contributed by atoms with van der Waals surface area (Å²) in [6.45, 7) is 3.27. The van der Waals surface area contributed by atoms with Gasteiger partial charge in [-0.3, -0.25) is 0 Å². The molecule has 0 spiro atoms. The molecule has 0 aliphatic carbocycles. The summed E-state index contributed by atoms with van der Waals surface area (Å²) in [7, 11) is 4.79. The van der Waals surface area contributed by atoms with Crippen LogP contribution in [0.2, 0.25) is 0 Å². The first kappa shape index (κ1) is 15.6. The highest BCUT2D eigenvalue weighted by Crippen LogP contribution is 2.41. The molecule has 0 saturated carbocycles. The Balaban J connectivity index is 2.14. The van der Waals surface area contributed by atoms with E-state index >= 15 is 0 Å². The summed E-state index contributed by atoms with van der Waals surface area (Å²) >= 11 is 0. The summed E-state index contributed by atoms with van der Waals surface area (Å²) in [4.78, 5) is 0. The van der Waals surface area contributed by atoms with Crippen LogP contribution in [-0.4, -0.2) is 42.7 Å².